The maximum atomic E-state index is 4.29. The highest BCUT2D eigenvalue weighted by Crippen LogP contribution is 2.20. The van der Waals surface area contributed by atoms with Crippen molar-refractivity contribution in [3.8, 4) is 0 Å². The summed E-state index contributed by atoms with van der Waals surface area (Å²) in [5, 5.41) is 7.87. The van der Waals surface area contributed by atoms with E-state index in [9.17, 15) is 0 Å². The van der Waals surface area contributed by atoms with E-state index in [0.29, 0.717) is 6.04 Å². The average Bonchev–Trinajstić information content (AvgIpc) is 2.91. The summed E-state index contributed by atoms with van der Waals surface area (Å²) in [4.78, 5) is 0. The Morgan fingerprint density at radius 1 is 1.00 bits per heavy atom. The van der Waals surface area contributed by atoms with Crippen LogP contribution in [0.2, 0.25) is 0 Å². The van der Waals surface area contributed by atoms with Gasteiger partial charge in [0.25, 0.3) is 0 Å². The van der Waals surface area contributed by atoms with E-state index in [1.807, 2.05) is 17.9 Å². The Bertz CT molecular complexity index is 346. The average molecular weight is 293 g/mol. The summed E-state index contributed by atoms with van der Waals surface area (Å²) in [6, 6.07) is 0.480. The fourth-order valence-electron chi connectivity index (χ4n) is 2.91. The summed E-state index contributed by atoms with van der Waals surface area (Å²) < 4.78 is 1.90. The number of rotatable bonds is 13. The topological polar surface area (TPSA) is 29.9 Å². The van der Waals surface area contributed by atoms with E-state index in [-0.39, 0.29) is 0 Å². The first kappa shape index (κ1) is 18.2. The van der Waals surface area contributed by atoms with Gasteiger partial charge in [0, 0.05) is 24.8 Å². The third-order valence-electron chi connectivity index (χ3n) is 4.17. The zero-order chi connectivity index (χ0) is 15.3. The maximum Gasteiger partial charge on any atom is 0.0537 e. The van der Waals surface area contributed by atoms with Gasteiger partial charge in [-0.25, -0.2) is 0 Å². The first-order chi connectivity index (χ1) is 10.3. The van der Waals surface area contributed by atoms with Gasteiger partial charge in [0.1, 0.15) is 0 Å². The predicted molar refractivity (Wildman–Crippen MR) is 91.5 cm³/mol. The molecule has 1 unspecified atom stereocenters. The fourth-order valence-corrected chi connectivity index (χ4v) is 2.91. The predicted octanol–water partition coefficient (Wildman–Crippen LogP) is 4.99. The molecule has 1 N–H and O–H groups in total. The molecule has 0 aliphatic rings. The molecular weight excluding hydrogens is 258 g/mol. The van der Waals surface area contributed by atoms with Crippen molar-refractivity contribution in [2.45, 2.75) is 84.1 Å². The van der Waals surface area contributed by atoms with Crippen LogP contribution < -0.4 is 5.32 Å². The van der Waals surface area contributed by atoms with Crippen molar-refractivity contribution < 1.29 is 0 Å². The minimum atomic E-state index is 0.480. The summed E-state index contributed by atoms with van der Waals surface area (Å²) in [5.41, 5.74) is 1.33. The van der Waals surface area contributed by atoms with Crippen LogP contribution in [-0.4, -0.2) is 16.3 Å². The van der Waals surface area contributed by atoms with Gasteiger partial charge in [-0.2, -0.15) is 5.10 Å². The number of aromatic nitrogens is 2. The van der Waals surface area contributed by atoms with Crippen LogP contribution in [-0.2, 0) is 7.05 Å². The van der Waals surface area contributed by atoms with Crippen LogP contribution in [0.25, 0.3) is 0 Å². The Kier molecular flexibility index (Phi) is 10.2. The van der Waals surface area contributed by atoms with Gasteiger partial charge in [-0.05, 0) is 13.0 Å². The monoisotopic (exact) mass is 293 g/mol. The Labute approximate surface area is 131 Å². The van der Waals surface area contributed by atoms with Crippen LogP contribution in [0.15, 0.2) is 12.4 Å². The lowest BCUT2D eigenvalue weighted by molar-refractivity contribution is 0.474. The first-order valence-electron chi connectivity index (χ1n) is 8.99. The zero-order valence-corrected chi connectivity index (χ0v) is 14.4. The van der Waals surface area contributed by atoms with Gasteiger partial charge in [0.05, 0.1) is 6.20 Å². The highest BCUT2D eigenvalue weighted by atomic mass is 15.2. The molecule has 3 nitrogen and oxygen atoms in total. The second-order valence-electron chi connectivity index (χ2n) is 6.17. The van der Waals surface area contributed by atoms with Crippen LogP contribution in [0, 0.1) is 0 Å². The van der Waals surface area contributed by atoms with Gasteiger partial charge in [-0.1, -0.05) is 71.6 Å². The normalized spacial score (nSPS) is 12.7. The SMILES string of the molecule is CCCCCCCCCCCC(NCC)c1cnn(C)c1. The summed E-state index contributed by atoms with van der Waals surface area (Å²) in [6.45, 7) is 5.49. The lowest BCUT2D eigenvalue weighted by Gasteiger charge is -2.16. The minimum absolute atomic E-state index is 0.480. The molecule has 0 aromatic carbocycles. The van der Waals surface area contributed by atoms with Gasteiger partial charge >= 0.3 is 0 Å². The number of hydrogen-bond donors (Lipinski definition) is 1. The van der Waals surface area contributed by atoms with Gasteiger partial charge < -0.3 is 5.32 Å². The molecule has 3 heteroatoms. The minimum Gasteiger partial charge on any atom is -0.310 e. The van der Waals surface area contributed by atoms with Gasteiger partial charge in [-0.3, -0.25) is 4.68 Å². The van der Waals surface area contributed by atoms with Crippen molar-refractivity contribution >= 4 is 0 Å². The van der Waals surface area contributed by atoms with Gasteiger partial charge in [0.15, 0.2) is 0 Å². The fraction of sp³-hybridized carbons (Fsp3) is 0.833. The summed E-state index contributed by atoms with van der Waals surface area (Å²) in [5.74, 6) is 0. The molecule has 0 fully saturated rings. The van der Waals surface area contributed by atoms with Crippen molar-refractivity contribution in [3.63, 3.8) is 0 Å². The first-order valence-corrected chi connectivity index (χ1v) is 8.99. The molecule has 0 aliphatic carbocycles. The second kappa shape index (κ2) is 11.8. The number of hydrogen-bond acceptors (Lipinski definition) is 2. The third kappa shape index (κ3) is 8.25. The summed E-state index contributed by atoms with van der Waals surface area (Å²) >= 11 is 0. The van der Waals surface area contributed by atoms with Crippen molar-refractivity contribution in [1.82, 2.24) is 15.1 Å². The van der Waals surface area contributed by atoms with E-state index >= 15 is 0 Å². The standard InChI is InChI=1S/C18H35N3/c1-4-6-7-8-9-10-11-12-13-14-18(19-5-2)17-15-20-21(3)16-17/h15-16,18-19H,4-14H2,1-3H3. The van der Waals surface area contributed by atoms with Crippen molar-refractivity contribution in [3.05, 3.63) is 18.0 Å². The van der Waals surface area contributed by atoms with E-state index in [2.05, 4.69) is 30.5 Å². The Morgan fingerprint density at radius 2 is 1.62 bits per heavy atom. The largest absolute Gasteiger partial charge is 0.310 e. The maximum absolute atomic E-state index is 4.29. The van der Waals surface area contributed by atoms with Crippen LogP contribution in [0.3, 0.4) is 0 Å². The number of nitrogens with zero attached hydrogens (tertiary/aromatic N) is 2. The molecule has 0 bridgehead atoms. The lowest BCUT2D eigenvalue weighted by atomic mass is 10.0. The molecule has 0 saturated carbocycles. The van der Waals surface area contributed by atoms with Gasteiger partial charge in [0.2, 0.25) is 0 Å². The number of aryl methyl sites for hydroxylation is 1. The molecule has 0 saturated heterocycles. The molecule has 21 heavy (non-hydrogen) atoms. The highest BCUT2D eigenvalue weighted by Gasteiger charge is 2.11. The second-order valence-corrected chi connectivity index (χ2v) is 6.17. The molecule has 0 spiro atoms. The molecule has 1 rings (SSSR count). The van der Waals surface area contributed by atoms with E-state index in [1.165, 1.54) is 69.8 Å². The van der Waals surface area contributed by atoms with Gasteiger partial charge in [-0.15, -0.1) is 0 Å². The Hall–Kier alpha value is -0.830. The van der Waals surface area contributed by atoms with Crippen molar-refractivity contribution in [1.29, 1.82) is 0 Å². The molecule has 122 valence electrons. The molecule has 1 atom stereocenters. The van der Waals surface area contributed by atoms with E-state index < -0.39 is 0 Å². The van der Waals surface area contributed by atoms with Crippen molar-refractivity contribution in [2.75, 3.05) is 6.54 Å². The molecule has 0 radical (unpaired) electrons. The van der Waals surface area contributed by atoms with Crippen LogP contribution >= 0.6 is 0 Å². The van der Waals surface area contributed by atoms with Crippen LogP contribution in [0.5, 0.6) is 0 Å². The quantitative estimate of drug-likeness (QED) is 0.519. The summed E-state index contributed by atoms with van der Waals surface area (Å²) in [7, 11) is 1.99. The van der Waals surface area contributed by atoms with E-state index in [4.69, 9.17) is 0 Å². The van der Waals surface area contributed by atoms with Crippen LogP contribution in [0.4, 0.5) is 0 Å². The summed E-state index contributed by atoms with van der Waals surface area (Å²) in [6.07, 6.45) is 17.9. The zero-order valence-electron chi connectivity index (χ0n) is 14.4. The Balaban J connectivity index is 2.08. The van der Waals surface area contributed by atoms with Crippen LogP contribution in [0.1, 0.15) is 89.7 Å². The number of unbranched alkanes of at least 4 members (excludes halogenated alkanes) is 8. The molecule has 1 aromatic rings. The lowest BCUT2D eigenvalue weighted by Crippen LogP contribution is -2.20. The Morgan fingerprint density at radius 3 is 2.14 bits per heavy atom. The van der Waals surface area contributed by atoms with E-state index in [0.717, 1.165) is 6.54 Å². The van der Waals surface area contributed by atoms with E-state index in [1.54, 1.807) is 0 Å². The van der Waals surface area contributed by atoms with Crippen molar-refractivity contribution in [2.24, 2.45) is 7.05 Å². The molecule has 0 aliphatic heterocycles. The molecule has 0 amide bonds. The molecule has 1 aromatic heterocycles. The highest BCUT2D eigenvalue weighted by molar-refractivity contribution is 5.09. The third-order valence-corrected chi connectivity index (χ3v) is 4.17. The smallest absolute Gasteiger partial charge is 0.0537 e. The molecular formula is C18H35N3. The number of nitrogens with one attached hydrogen (secondary N) is 1. The molecule has 1 heterocycles.